The lowest BCUT2D eigenvalue weighted by molar-refractivity contribution is 0.0474. The molecule has 0 spiro atoms. The first-order valence-electron chi connectivity index (χ1n) is 9.81. The number of hydrogen-bond donors (Lipinski definition) is 0. The highest BCUT2D eigenvalue weighted by atomic mass is 35.5. The second-order valence-electron chi connectivity index (χ2n) is 7.50. The number of aromatic nitrogens is 1. The molecule has 0 bridgehead atoms. The molecule has 0 saturated heterocycles. The van der Waals surface area contributed by atoms with Gasteiger partial charge in [0, 0.05) is 31.0 Å². The van der Waals surface area contributed by atoms with E-state index >= 15 is 0 Å². The summed E-state index contributed by atoms with van der Waals surface area (Å²) in [6.07, 6.45) is 0. The molecule has 1 heterocycles. The maximum absolute atomic E-state index is 14.3. The minimum absolute atomic E-state index is 0.0445. The van der Waals surface area contributed by atoms with Gasteiger partial charge in [0.05, 0.1) is 16.3 Å². The van der Waals surface area contributed by atoms with Gasteiger partial charge in [0.1, 0.15) is 10.7 Å². The smallest absolute Gasteiger partial charge is 0.338 e. The number of halogens is 2. The van der Waals surface area contributed by atoms with E-state index in [-0.39, 0.29) is 21.0 Å². The van der Waals surface area contributed by atoms with Crippen LogP contribution in [-0.4, -0.2) is 49.7 Å². The van der Waals surface area contributed by atoms with E-state index in [9.17, 15) is 22.4 Å². The van der Waals surface area contributed by atoms with Crippen molar-refractivity contribution < 1.29 is 27.1 Å². The molecule has 0 radical (unpaired) electrons. The van der Waals surface area contributed by atoms with Crippen LogP contribution in [-0.2, 0) is 14.8 Å². The van der Waals surface area contributed by atoms with Gasteiger partial charge < -0.3 is 9.30 Å². The van der Waals surface area contributed by atoms with Crippen LogP contribution < -0.4 is 0 Å². The molecule has 33 heavy (non-hydrogen) atoms. The molecule has 10 heteroatoms. The zero-order valence-corrected chi connectivity index (χ0v) is 20.0. The van der Waals surface area contributed by atoms with Gasteiger partial charge in [0.25, 0.3) is 0 Å². The van der Waals surface area contributed by atoms with Crippen molar-refractivity contribution in [2.45, 2.75) is 18.7 Å². The van der Waals surface area contributed by atoms with Gasteiger partial charge in [0.2, 0.25) is 15.8 Å². The molecular formula is C23H22ClFN2O5S. The second kappa shape index (κ2) is 9.46. The van der Waals surface area contributed by atoms with Crippen molar-refractivity contribution >= 4 is 33.4 Å². The normalized spacial score (nSPS) is 11.6. The zero-order valence-electron chi connectivity index (χ0n) is 18.4. The summed E-state index contributed by atoms with van der Waals surface area (Å²) in [5.41, 5.74) is 1.67. The molecular weight excluding hydrogens is 471 g/mol. The molecule has 7 nitrogen and oxygen atoms in total. The largest absolute Gasteiger partial charge is 0.454 e. The molecule has 1 aromatic heterocycles. The molecule has 0 saturated carbocycles. The number of carbonyl (C=O) groups is 2. The molecule has 0 amide bonds. The molecule has 0 fully saturated rings. The lowest BCUT2D eigenvalue weighted by atomic mass is 10.1. The van der Waals surface area contributed by atoms with Gasteiger partial charge in [-0.15, -0.1) is 0 Å². The van der Waals surface area contributed by atoms with Gasteiger partial charge in [-0.2, -0.15) is 0 Å². The molecule has 174 valence electrons. The number of sulfonamides is 1. The third-order valence-corrected chi connectivity index (χ3v) is 7.38. The second-order valence-corrected chi connectivity index (χ2v) is 10.0. The van der Waals surface area contributed by atoms with E-state index in [2.05, 4.69) is 0 Å². The quantitative estimate of drug-likeness (QED) is 0.365. The van der Waals surface area contributed by atoms with Gasteiger partial charge in [-0.05, 0) is 50.2 Å². The van der Waals surface area contributed by atoms with Crippen molar-refractivity contribution in [1.82, 2.24) is 8.87 Å². The van der Waals surface area contributed by atoms with E-state index in [0.29, 0.717) is 17.1 Å². The van der Waals surface area contributed by atoms with Crippen LogP contribution in [0.3, 0.4) is 0 Å². The third kappa shape index (κ3) is 4.85. The predicted octanol–water partition coefficient (Wildman–Crippen LogP) is 4.18. The van der Waals surface area contributed by atoms with Crippen LogP contribution in [0.2, 0.25) is 5.02 Å². The van der Waals surface area contributed by atoms with E-state index in [4.69, 9.17) is 16.3 Å². The Morgan fingerprint density at radius 1 is 1.09 bits per heavy atom. The summed E-state index contributed by atoms with van der Waals surface area (Å²) in [5.74, 6) is -1.79. The average Bonchev–Trinajstić information content (AvgIpc) is 3.06. The van der Waals surface area contributed by atoms with Crippen molar-refractivity contribution in [2.24, 2.45) is 0 Å². The first-order valence-corrected chi connectivity index (χ1v) is 11.6. The summed E-state index contributed by atoms with van der Waals surface area (Å²) in [7, 11) is -1.20. The summed E-state index contributed by atoms with van der Waals surface area (Å²) < 4.78 is 46.8. The first-order chi connectivity index (χ1) is 15.4. The van der Waals surface area contributed by atoms with Crippen molar-refractivity contribution in [1.29, 1.82) is 0 Å². The number of rotatable bonds is 7. The van der Waals surface area contributed by atoms with Crippen LogP contribution in [0.4, 0.5) is 4.39 Å². The number of ketones is 1. The van der Waals surface area contributed by atoms with Gasteiger partial charge in [0.15, 0.2) is 6.61 Å². The van der Waals surface area contributed by atoms with E-state index in [1.165, 1.54) is 32.3 Å². The monoisotopic (exact) mass is 492 g/mol. The summed E-state index contributed by atoms with van der Waals surface area (Å²) in [6, 6.07) is 11.5. The molecule has 0 N–H and O–H groups in total. The Morgan fingerprint density at radius 2 is 1.76 bits per heavy atom. The minimum atomic E-state index is -3.88. The lowest BCUT2D eigenvalue weighted by Crippen LogP contribution is -2.23. The Balaban J connectivity index is 1.81. The fraction of sp³-hybridized carbons (Fsp3) is 0.217. The lowest BCUT2D eigenvalue weighted by Gasteiger charge is -2.13. The molecule has 0 unspecified atom stereocenters. The molecule has 3 rings (SSSR count). The number of Topliss-reactive ketones (excluding diaryl/α,β-unsaturated/α-hetero) is 1. The van der Waals surface area contributed by atoms with E-state index in [0.717, 1.165) is 10.4 Å². The Morgan fingerprint density at radius 3 is 2.39 bits per heavy atom. The highest BCUT2D eigenvalue weighted by Crippen LogP contribution is 2.26. The van der Waals surface area contributed by atoms with E-state index in [1.54, 1.807) is 42.7 Å². The summed E-state index contributed by atoms with van der Waals surface area (Å²) in [5, 5.41) is -0.0445. The maximum atomic E-state index is 14.3. The van der Waals surface area contributed by atoms with Crippen LogP contribution in [0, 0.1) is 19.7 Å². The van der Waals surface area contributed by atoms with Crippen molar-refractivity contribution in [3.05, 3.63) is 81.9 Å². The Labute approximate surface area is 196 Å². The highest BCUT2D eigenvalue weighted by Gasteiger charge is 2.24. The third-order valence-electron chi connectivity index (χ3n) is 5.08. The molecule has 0 aliphatic rings. The van der Waals surface area contributed by atoms with Crippen molar-refractivity contribution in [2.75, 3.05) is 20.7 Å². The number of esters is 1. The van der Waals surface area contributed by atoms with Crippen molar-refractivity contribution in [3.8, 4) is 5.69 Å². The number of ether oxygens (including phenoxy) is 1. The van der Waals surface area contributed by atoms with E-state index < -0.39 is 34.2 Å². The van der Waals surface area contributed by atoms with Crippen molar-refractivity contribution in [3.63, 3.8) is 0 Å². The van der Waals surface area contributed by atoms with Gasteiger partial charge in [-0.3, -0.25) is 4.79 Å². The Bertz CT molecular complexity index is 1350. The number of aryl methyl sites for hydroxylation is 1. The average molecular weight is 493 g/mol. The summed E-state index contributed by atoms with van der Waals surface area (Å²) >= 11 is 5.99. The van der Waals surface area contributed by atoms with Crippen LogP contribution in [0.1, 0.15) is 32.1 Å². The molecule has 0 atom stereocenters. The standard InChI is InChI=1S/C23H22ClFN2O5S/c1-14-11-17(15(2)27(14)20-8-6-5-7-19(20)25)21(28)13-32-23(29)16-9-10-18(24)22(12-16)33(30,31)26(3)4/h5-12H,13H2,1-4H3. The number of hydrogen-bond acceptors (Lipinski definition) is 5. The van der Waals surface area contributed by atoms with Gasteiger partial charge in [-0.1, -0.05) is 23.7 Å². The van der Waals surface area contributed by atoms with Crippen LogP contribution >= 0.6 is 11.6 Å². The Hall–Kier alpha value is -3.01. The SMILES string of the molecule is Cc1cc(C(=O)COC(=O)c2ccc(Cl)c(S(=O)(=O)N(C)C)c2)c(C)n1-c1ccccc1F. The molecule has 0 aliphatic carbocycles. The van der Waals surface area contributed by atoms with Crippen LogP contribution in [0.5, 0.6) is 0 Å². The highest BCUT2D eigenvalue weighted by molar-refractivity contribution is 7.89. The topological polar surface area (TPSA) is 85.7 Å². The predicted molar refractivity (Wildman–Crippen MR) is 122 cm³/mol. The summed E-state index contributed by atoms with van der Waals surface area (Å²) in [6.45, 7) is 2.84. The van der Waals surface area contributed by atoms with Crippen LogP contribution in [0.15, 0.2) is 53.4 Å². The zero-order chi connectivity index (χ0) is 24.5. The van der Waals surface area contributed by atoms with E-state index in [1.807, 2.05) is 0 Å². The molecule has 2 aromatic carbocycles. The first kappa shape index (κ1) is 24.6. The fourth-order valence-corrected chi connectivity index (χ4v) is 4.76. The fourth-order valence-electron chi connectivity index (χ4n) is 3.37. The number of para-hydroxylation sites is 1. The Kier molecular flexibility index (Phi) is 7.06. The number of benzene rings is 2. The minimum Gasteiger partial charge on any atom is -0.454 e. The molecule has 0 aliphatic heterocycles. The number of carbonyl (C=O) groups excluding carboxylic acids is 2. The van der Waals surface area contributed by atoms with Gasteiger partial charge in [-0.25, -0.2) is 21.9 Å². The molecule has 3 aromatic rings. The maximum Gasteiger partial charge on any atom is 0.338 e. The summed E-state index contributed by atoms with van der Waals surface area (Å²) in [4.78, 5) is 25.0. The van der Waals surface area contributed by atoms with Gasteiger partial charge >= 0.3 is 5.97 Å². The van der Waals surface area contributed by atoms with Crippen LogP contribution in [0.25, 0.3) is 5.69 Å². The number of nitrogens with zero attached hydrogens (tertiary/aromatic N) is 2.